The smallest absolute Gasteiger partial charge is 0.0549 e. The third-order valence-corrected chi connectivity index (χ3v) is 3.39. The van der Waals surface area contributed by atoms with E-state index in [4.69, 9.17) is 5.73 Å². The standard InChI is InChI=1S/C13H21N3/c1-10-3-2-4-12(6-5-10)16-13-7-11(14)8-15-9-13/h7-10,12,16H,2-6,14H2,1H3. The molecule has 1 aromatic heterocycles. The second kappa shape index (κ2) is 5.19. The van der Waals surface area contributed by atoms with Crippen molar-refractivity contribution in [2.24, 2.45) is 5.92 Å². The number of hydrogen-bond donors (Lipinski definition) is 2. The Morgan fingerprint density at radius 1 is 1.25 bits per heavy atom. The van der Waals surface area contributed by atoms with E-state index in [1.54, 1.807) is 6.20 Å². The minimum absolute atomic E-state index is 0.591. The number of pyridine rings is 1. The van der Waals surface area contributed by atoms with E-state index in [0.29, 0.717) is 6.04 Å². The Balaban J connectivity index is 1.93. The van der Waals surface area contributed by atoms with Crippen LogP contribution in [0.4, 0.5) is 11.4 Å². The summed E-state index contributed by atoms with van der Waals surface area (Å²) in [6, 6.07) is 2.55. The normalized spacial score (nSPS) is 26.1. The van der Waals surface area contributed by atoms with Crippen molar-refractivity contribution in [2.75, 3.05) is 11.1 Å². The lowest BCUT2D eigenvalue weighted by Crippen LogP contribution is -2.18. The summed E-state index contributed by atoms with van der Waals surface area (Å²) in [6.45, 7) is 2.35. The van der Waals surface area contributed by atoms with Crippen molar-refractivity contribution in [1.82, 2.24) is 4.98 Å². The highest BCUT2D eigenvalue weighted by atomic mass is 14.9. The molecule has 1 aliphatic rings. The highest BCUT2D eigenvalue weighted by Gasteiger charge is 2.15. The maximum atomic E-state index is 5.71. The minimum atomic E-state index is 0.591. The van der Waals surface area contributed by atoms with Crippen molar-refractivity contribution in [3.05, 3.63) is 18.5 Å². The molecule has 16 heavy (non-hydrogen) atoms. The molecule has 88 valence electrons. The lowest BCUT2D eigenvalue weighted by molar-refractivity contribution is 0.502. The van der Waals surface area contributed by atoms with Gasteiger partial charge in [-0.25, -0.2) is 0 Å². The SMILES string of the molecule is CC1CCCC(Nc2cncc(N)c2)CC1. The molecule has 1 aliphatic carbocycles. The summed E-state index contributed by atoms with van der Waals surface area (Å²) in [5, 5.41) is 3.54. The number of rotatable bonds is 2. The van der Waals surface area contributed by atoms with E-state index in [-0.39, 0.29) is 0 Å². The van der Waals surface area contributed by atoms with Crippen LogP contribution < -0.4 is 11.1 Å². The molecule has 0 bridgehead atoms. The predicted octanol–water partition coefficient (Wildman–Crippen LogP) is 3.04. The molecule has 3 N–H and O–H groups in total. The van der Waals surface area contributed by atoms with Gasteiger partial charge in [0.2, 0.25) is 0 Å². The number of hydrogen-bond acceptors (Lipinski definition) is 3. The second-order valence-corrected chi connectivity index (χ2v) is 4.96. The number of aromatic nitrogens is 1. The fourth-order valence-electron chi connectivity index (χ4n) is 2.40. The third kappa shape index (κ3) is 3.12. The highest BCUT2D eigenvalue weighted by Crippen LogP contribution is 2.25. The number of nitrogen functional groups attached to an aromatic ring is 1. The van der Waals surface area contributed by atoms with Gasteiger partial charge in [-0.2, -0.15) is 0 Å². The van der Waals surface area contributed by atoms with E-state index in [2.05, 4.69) is 17.2 Å². The number of nitrogens with two attached hydrogens (primary N) is 1. The largest absolute Gasteiger partial charge is 0.397 e. The molecule has 1 heterocycles. The van der Waals surface area contributed by atoms with Crippen LogP contribution >= 0.6 is 0 Å². The van der Waals surface area contributed by atoms with Gasteiger partial charge in [0.1, 0.15) is 0 Å². The van der Waals surface area contributed by atoms with Gasteiger partial charge in [-0.05, 0) is 31.2 Å². The number of anilines is 2. The molecule has 0 aromatic carbocycles. The lowest BCUT2D eigenvalue weighted by Gasteiger charge is -2.17. The molecule has 1 aromatic rings. The number of nitrogens with zero attached hydrogens (tertiary/aromatic N) is 1. The maximum absolute atomic E-state index is 5.71. The van der Waals surface area contributed by atoms with Gasteiger partial charge in [0.25, 0.3) is 0 Å². The summed E-state index contributed by atoms with van der Waals surface area (Å²) in [4.78, 5) is 4.10. The van der Waals surface area contributed by atoms with Gasteiger partial charge < -0.3 is 11.1 Å². The quantitative estimate of drug-likeness (QED) is 0.752. The zero-order valence-corrected chi connectivity index (χ0v) is 9.95. The molecule has 1 saturated carbocycles. The van der Waals surface area contributed by atoms with Crippen molar-refractivity contribution < 1.29 is 0 Å². The van der Waals surface area contributed by atoms with E-state index in [1.165, 1.54) is 32.1 Å². The van der Waals surface area contributed by atoms with Crippen LogP contribution in [0.15, 0.2) is 18.5 Å². The van der Waals surface area contributed by atoms with Crippen LogP contribution in [0.25, 0.3) is 0 Å². The Kier molecular flexibility index (Phi) is 3.65. The molecule has 3 nitrogen and oxygen atoms in total. The van der Waals surface area contributed by atoms with E-state index in [0.717, 1.165) is 17.3 Å². The molecular weight excluding hydrogens is 198 g/mol. The summed E-state index contributed by atoms with van der Waals surface area (Å²) < 4.78 is 0. The van der Waals surface area contributed by atoms with E-state index in [9.17, 15) is 0 Å². The molecule has 2 rings (SSSR count). The Morgan fingerprint density at radius 2 is 2.12 bits per heavy atom. The topological polar surface area (TPSA) is 50.9 Å². The van der Waals surface area contributed by atoms with Crippen LogP contribution in [0.1, 0.15) is 39.0 Å². The third-order valence-electron chi connectivity index (χ3n) is 3.39. The summed E-state index contributed by atoms with van der Waals surface area (Å²) in [5.41, 5.74) is 7.50. The van der Waals surface area contributed by atoms with Gasteiger partial charge in [-0.3, -0.25) is 4.98 Å². The fourth-order valence-corrected chi connectivity index (χ4v) is 2.40. The first-order chi connectivity index (χ1) is 7.74. The van der Waals surface area contributed by atoms with Crippen molar-refractivity contribution in [3.8, 4) is 0 Å². The van der Waals surface area contributed by atoms with Crippen molar-refractivity contribution in [3.63, 3.8) is 0 Å². The Morgan fingerprint density at radius 3 is 2.94 bits per heavy atom. The highest BCUT2D eigenvalue weighted by molar-refractivity contribution is 5.51. The number of nitrogens with one attached hydrogen (secondary N) is 1. The molecular formula is C13H21N3. The molecule has 0 aliphatic heterocycles. The van der Waals surface area contributed by atoms with Crippen LogP contribution in [-0.4, -0.2) is 11.0 Å². The Bertz CT molecular complexity index is 338. The van der Waals surface area contributed by atoms with Crippen LogP contribution in [-0.2, 0) is 0 Å². The van der Waals surface area contributed by atoms with Gasteiger partial charge in [0.05, 0.1) is 17.6 Å². The predicted molar refractivity (Wildman–Crippen MR) is 68.3 cm³/mol. The van der Waals surface area contributed by atoms with Crippen LogP contribution in [0.3, 0.4) is 0 Å². The van der Waals surface area contributed by atoms with Gasteiger partial charge in [0, 0.05) is 12.2 Å². The molecule has 1 fully saturated rings. The molecule has 0 radical (unpaired) electrons. The van der Waals surface area contributed by atoms with Gasteiger partial charge in [0.15, 0.2) is 0 Å². The van der Waals surface area contributed by atoms with E-state index < -0.39 is 0 Å². The summed E-state index contributed by atoms with van der Waals surface area (Å²) in [6.07, 6.45) is 10.1. The molecule has 3 heteroatoms. The van der Waals surface area contributed by atoms with E-state index >= 15 is 0 Å². The van der Waals surface area contributed by atoms with Crippen LogP contribution in [0.5, 0.6) is 0 Å². The summed E-state index contributed by atoms with van der Waals surface area (Å²) >= 11 is 0. The van der Waals surface area contributed by atoms with Gasteiger partial charge in [-0.15, -0.1) is 0 Å². The first-order valence-corrected chi connectivity index (χ1v) is 6.21. The van der Waals surface area contributed by atoms with Crippen molar-refractivity contribution in [1.29, 1.82) is 0 Å². The zero-order valence-electron chi connectivity index (χ0n) is 9.95. The molecule has 0 saturated heterocycles. The molecule has 0 spiro atoms. The van der Waals surface area contributed by atoms with E-state index in [1.807, 2.05) is 12.3 Å². The Hall–Kier alpha value is -1.25. The molecule has 2 atom stereocenters. The maximum Gasteiger partial charge on any atom is 0.0549 e. The minimum Gasteiger partial charge on any atom is -0.397 e. The van der Waals surface area contributed by atoms with Crippen molar-refractivity contribution in [2.45, 2.75) is 45.1 Å². The van der Waals surface area contributed by atoms with Crippen LogP contribution in [0, 0.1) is 5.92 Å². The Labute approximate surface area is 97.5 Å². The first kappa shape index (κ1) is 11.2. The first-order valence-electron chi connectivity index (χ1n) is 6.21. The average molecular weight is 219 g/mol. The molecule has 0 amide bonds. The van der Waals surface area contributed by atoms with Gasteiger partial charge >= 0.3 is 0 Å². The average Bonchev–Trinajstić information content (AvgIpc) is 2.44. The lowest BCUT2D eigenvalue weighted by atomic mass is 10.0. The van der Waals surface area contributed by atoms with Gasteiger partial charge in [-0.1, -0.05) is 19.8 Å². The monoisotopic (exact) mass is 219 g/mol. The summed E-state index contributed by atoms with van der Waals surface area (Å²) in [7, 11) is 0. The van der Waals surface area contributed by atoms with Crippen molar-refractivity contribution >= 4 is 11.4 Å². The zero-order chi connectivity index (χ0) is 11.4. The second-order valence-electron chi connectivity index (χ2n) is 4.96. The summed E-state index contributed by atoms with van der Waals surface area (Å²) in [5.74, 6) is 0.880. The fraction of sp³-hybridized carbons (Fsp3) is 0.615. The van der Waals surface area contributed by atoms with Crippen LogP contribution in [0.2, 0.25) is 0 Å². The molecule has 2 unspecified atom stereocenters.